The number of methoxy groups -OCH3 is 1. The minimum absolute atomic E-state index is 0.0136. The first-order chi connectivity index (χ1) is 7.24. The highest BCUT2D eigenvalue weighted by Gasteiger charge is 2.53. The molecule has 2 rings (SSSR count). The summed E-state index contributed by atoms with van der Waals surface area (Å²) in [6.07, 6.45) is 4.88. The average Bonchev–Trinajstić information content (AvgIpc) is 2.24. The number of hydrogen-bond donors (Lipinski definition) is 1. The van der Waals surface area contributed by atoms with E-state index in [1.54, 1.807) is 0 Å². The van der Waals surface area contributed by atoms with Gasteiger partial charge in [-0.1, -0.05) is 19.8 Å². The van der Waals surface area contributed by atoms with Crippen molar-refractivity contribution in [2.75, 3.05) is 20.2 Å². The Hall–Kier alpha value is -0.570. The Morgan fingerprint density at radius 2 is 2.20 bits per heavy atom. The molecule has 2 atom stereocenters. The smallest absolute Gasteiger partial charge is 0.310 e. The number of esters is 1. The Bertz CT molecular complexity index is 248. The zero-order chi connectivity index (χ0) is 10.9. The average molecular weight is 211 g/mol. The van der Waals surface area contributed by atoms with E-state index in [2.05, 4.69) is 12.2 Å². The molecule has 2 fully saturated rings. The number of hydrogen-bond acceptors (Lipinski definition) is 3. The summed E-state index contributed by atoms with van der Waals surface area (Å²) in [5.41, 5.74) is 0.271. The molecule has 0 radical (unpaired) electrons. The van der Waals surface area contributed by atoms with E-state index in [1.807, 2.05) is 0 Å². The first-order valence-electron chi connectivity index (χ1n) is 6.03. The van der Waals surface area contributed by atoms with Crippen molar-refractivity contribution in [1.82, 2.24) is 5.32 Å². The molecule has 2 unspecified atom stereocenters. The van der Waals surface area contributed by atoms with Crippen LogP contribution in [0.4, 0.5) is 0 Å². The van der Waals surface area contributed by atoms with Crippen LogP contribution in [0.1, 0.15) is 32.6 Å². The molecule has 1 N–H and O–H groups in total. The maximum Gasteiger partial charge on any atom is 0.310 e. The summed E-state index contributed by atoms with van der Waals surface area (Å²) in [4.78, 5) is 11.8. The van der Waals surface area contributed by atoms with E-state index in [-0.39, 0.29) is 17.3 Å². The highest BCUT2D eigenvalue weighted by Crippen LogP contribution is 2.55. The predicted molar refractivity (Wildman–Crippen MR) is 58.4 cm³/mol. The van der Waals surface area contributed by atoms with Gasteiger partial charge in [-0.05, 0) is 30.7 Å². The molecular weight excluding hydrogens is 190 g/mol. The molecule has 0 aromatic rings. The zero-order valence-electron chi connectivity index (χ0n) is 9.71. The van der Waals surface area contributed by atoms with E-state index >= 15 is 0 Å². The van der Waals surface area contributed by atoms with Gasteiger partial charge in [0.15, 0.2) is 0 Å². The Kier molecular flexibility index (Phi) is 3.01. The molecule has 2 aliphatic rings. The van der Waals surface area contributed by atoms with E-state index < -0.39 is 0 Å². The molecule has 0 bridgehead atoms. The van der Waals surface area contributed by atoms with Gasteiger partial charge in [0.25, 0.3) is 0 Å². The van der Waals surface area contributed by atoms with E-state index in [9.17, 15) is 4.79 Å². The summed E-state index contributed by atoms with van der Waals surface area (Å²) in [6, 6.07) is 0. The lowest BCUT2D eigenvalue weighted by Crippen LogP contribution is -2.57. The third kappa shape index (κ3) is 1.57. The fraction of sp³-hybridized carbons (Fsp3) is 0.917. The molecule has 86 valence electrons. The van der Waals surface area contributed by atoms with Crippen molar-refractivity contribution < 1.29 is 9.53 Å². The van der Waals surface area contributed by atoms with Gasteiger partial charge in [0.05, 0.1) is 13.0 Å². The van der Waals surface area contributed by atoms with Crippen LogP contribution in [0.25, 0.3) is 0 Å². The van der Waals surface area contributed by atoms with Crippen LogP contribution in [0.2, 0.25) is 0 Å². The fourth-order valence-corrected chi connectivity index (χ4v) is 3.45. The van der Waals surface area contributed by atoms with Crippen LogP contribution < -0.4 is 5.32 Å². The largest absolute Gasteiger partial charge is 0.469 e. The van der Waals surface area contributed by atoms with Crippen molar-refractivity contribution >= 4 is 5.97 Å². The molecular formula is C12H21NO2. The van der Waals surface area contributed by atoms with Crippen LogP contribution in [0.3, 0.4) is 0 Å². The molecule has 1 spiro atoms. The van der Waals surface area contributed by atoms with Gasteiger partial charge in [-0.15, -0.1) is 0 Å². The summed E-state index contributed by atoms with van der Waals surface area (Å²) in [7, 11) is 1.50. The molecule has 15 heavy (non-hydrogen) atoms. The summed E-state index contributed by atoms with van der Waals surface area (Å²) in [5.74, 6) is 0.736. The summed E-state index contributed by atoms with van der Waals surface area (Å²) >= 11 is 0. The van der Waals surface area contributed by atoms with Gasteiger partial charge in [-0.2, -0.15) is 0 Å². The van der Waals surface area contributed by atoms with Crippen molar-refractivity contribution in [2.24, 2.45) is 17.3 Å². The van der Waals surface area contributed by atoms with E-state index in [0.717, 1.165) is 13.1 Å². The second kappa shape index (κ2) is 4.12. The molecule has 3 nitrogen and oxygen atoms in total. The quantitative estimate of drug-likeness (QED) is 0.705. The van der Waals surface area contributed by atoms with Gasteiger partial charge in [0.1, 0.15) is 0 Å². The number of nitrogens with one attached hydrogen (secondary N) is 1. The third-order valence-corrected chi connectivity index (χ3v) is 4.51. The van der Waals surface area contributed by atoms with Crippen molar-refractivity contribution in [3.05, 3.63) is 0 Å². The Balaban J connectivity index is 2.18. The van der Waals surface area contributed by atoms with Crippen LogP contribution in [0.15, 0.2) is 0 Å². The van der Waals surface area contributed by atoms with Crippen molar-refractivity contribution in [2.45, 2.75) is 32.6 Å². The van der Waals surface area contributed by atoms with E-state index in [4.69, 9.17) is 4.74 Å². The number of carbonyl (C=O) groups is 1. The minimum atomic E-state index is -0.0136. The molecule has 1 saturated carbocycles. The van der Waals surface area contributed by atoms with Gasteiger partial charge >= 0.3 is 5.97 Å². The van der Waals surface area contributed by atoms with E-state index in [0.29, 0.717) is 5.92 Å². The molecule has 3 heteroatoms. The zero-order valence-corrected chi connectivity index (χ0v) is 9.71. The Morgan fingerprint density at radius 3 is 2.67 bits per heavy atom. The minimum Gasteiger partial charge on any atom is -0.469 e. The fourth-order valence-electron chi connectivity index (χ4n) is 3.45. The van der Waals surface area contributed by atoms with Crippen LogP contribution in [-0.2, 0) is 9.53 Å². The molecule has 0 aromatic carbocycles. The first-order valence-corrected chi connectivity index (χ1v) is 6.03. The molecule has 1 heterocycles. The molecule has 0 aromatic heterocycles. The maximum atomic E-state index is 11.8. The molecule has 1 saturated heterocycles. The van der Waals surface area contributed by atoms with Crippen molar-refractivity contribution in [3.8, 4) is 0 Å². The highest BCUT2D eigenvalue weighted by atomic mass is 16.5. The van der Waals surface area contributed by atoms with E-state index in [1.165, 1.54) is 32.8 Å². The highest BCUT2D eigenvalue weighted by molar-refractivity contribution is 5.74. The normalized spacial score (nSPS) is 33.5. The lowest BCUT2D eigenvalue weighted by Gasteiger charge is -2.54. The van der Waals surface area contributed by atoms with Gasteiger partial charge in [-0.25, -0.2) is 0 Å². The van der Waals surface area contributed by atoms with Gasteiger partial charge in [0, 0.05) is 6.54 Å². The molecule has 1 aliphatic heterocycles. The number of ether oxygens (including phenoxy) is 1. The van der Waals surface area contributed by atoms with Gasteiger partial charge < -0.3 is 10.1 Å². The van der Waals surface area contributed by atoms with Crippen LogP contribution in [0, 0.1) is 17.3 Å². The first kappa shape index (κ1) is 10.9. The standard InChI is InChI=1S/C12H21NO2/c1-3-9-7-13-8-10(11(14)15-2)12(9)5-4-6-12/h9-10,13H,3-8H2,1-2H3. The Morgan fingerprint density at radius 1 is 1.47 bits per heavy atom. The van der Waals surface area contributed by atoms with Crippen molar-refractivity contribution in [3.63, 3.8) is 0 Å². The number of carbonyl (C=O) groups excluding carboxylic acids is 1. The van der Waals surface area contributed by atoms with Gasteiger partial charge in [-0.3, -0.25) is 4.79 Å². The van der Waals surface area contributed by atoms with Crippen LogP contribution in [0.5, 0.6) is 0 Å². The van der Waals surface area contributed by atoms with Gasteiger partial charge in [0.2, 0.25) is 0 Å². The summed E-state index contributed by atoms with van der Waals surface area (Å²) in [6.45, 7) is 4.11. The predicted octanol–water partition coefficient (Wildman–Crippen LogP) is 1.58. The number of rotatable bonds is 2. The monoisotopic (exact) mass is 211 g/mol. The maximum absolute atomic E-state index is 11.8. The SMILES string of the molecule is CCC1CNCC(C(=O)OC)C12CCC2. The van der Waals surface area contributed by atoms with Crippen molar-refractivity contribution in [1.29, 1.82) is 0 Å². The second-order valence-corrected chi connectivity index (χ2v) is 4.93. The molecule has 1 aliphatic carbocycles. The molecule has 0 amide bonds. The van der Waals surface area contributed by atoms with Crippen LogP contribution in [-0.4, -0.2) is 26.2 Å². The summed E-state index contributed by atoms with van der Waals surface area (Å²) in [5, 5.41) is 3.37. The number of piperidine rings is 1. The second-order valence-electron chi connectivity index (χ2n) is 4.93. The lowest BCUT2D eigenvalue weighted by atomic mass is 9.52. The summed E-state index contributed by atoms with van der Waals surface area (Å²) < 4.78 is 4.93. The van der Waals surface area contributed by atoms with Crippen LogP contribution >= 0.6 is 0 Å². The Labute approximate surface area is 91.6 Å². The topological polar surface area (TPSA) is 38.3 Å². The third-order valence-electron chi connectivity index (χ3n) is 4.51. The lowest BCUT2D eigenvalue weighted by molar-refractivity contribution is -0.160.